The molecular formula is C22H25N5O. The maximum absolute atomic E-state index is 6.11. The number of ether oxygens (including phenoxy) is 1. The molecular weight excluding hydrogens is 350 g/mol. The van der Waals surface area contributed by atoms with Gasteiger partial charge in [-0.3, -0.25) is 4.98 Å². The van der Waals surface area contributed by atoms with E-state index in [1.165, 1.54) is 0 Å². The maximum atomic E-state index is 6.11. The Morgan fingerprint density at radius 2 is 1.82 bits per heavy atom. The van der Waals surface area contributed by atoms with Crippen LogP contribution in [0.3, 0.4) is 0 Å². The lowest BCUT2D eigenvalue weighted by atomic mass is 10.1. The number of aryl methyl sites for hydroxylation is 2. The van der Waals surface area contributed by atoms with Crippen molar-refractivity contribution in [3.05, 3.63) is 65.1 Å². The van der Waals surface area contributed by atoms with Crippen LogP contribution in [0.5, 0.6) is 5.75 Å². The van der Waals surface area contributed by atoms with Crippen molar-refractivity contribution in [2.75, 3.05) is 11.9 Å². The monoisotopic (exact) mass is 375 g/mol. The molecule has 6 heteroatoms. The average molecular weight is 375 g/mol. The molecule has 1 aliphatic heterocycles. The minimum Gasteiger partial charge on any atom is -0.491 e. The topological polar surface area (TPSA) is 72.0 Å². The number of rotatable bonds is 6. The van der Waals surface area contributed by atoms with Crippen LogP contribution in [0, 0.1) is 13.8 Å². The van der Waals surface area contributed by atoms with Gasteiger partial charge in [0.25, 0.3) is 0 Å². The van der Waals surface area contributed by atoms with Gasteiger partial charge in [0.05, 0.1) is 11.7 Å². The van der Waals surface area contributed by atoms with Crippen LogP contribution in [-0.4, -0.2) is 27.6 Å². The molecule has 3 heterocycles. The lowest BCUT2D eigenvalue weighted by molar-refractivity contribution is 0.300. The molecule has 0 aliphatic carbocycles. The summed E-state index contributed by atoms with van der Waals surface area (Å²) < 4.78 is 6.11. The molecule has 0 fully saturated rings. The first kappa shape index (κ1) is 18.4. The Labute approximate surface area is 165 Å². The van der Waals surface area contributed by atoms with E-state index in [2.05, 4.69) is 54.6 Å². The van der Waals surface area contributed by atoms with E-state index in [-0.39, 0.29) is 6.04 Å². The van der Waals surface area contributed by atoms with E-state index in [0.717, 1.165) is 58.4 Å². The van der Waals surface area contributed by atoms with Crippen molar-refractivity contribution in [3.63, 3.8) is 0 Å². The summed E-state index contributed by atoms with van der Waals surface area (Å²) in [6.07, 6.45) is 3.52. The summed E-state index contributed by atoms with van der Waals surface area (Å²) >= 11 is 0. The van der Waals surface area contributed by atoms with E-state index in [1.807, 2.05) is 12.1 Å². The Kier molecular flexibility index (Phi) is 5.21. The van der Waals surface area contributed by atoms with Crippen molar-refractivity contribution in [1.29, 1.82) is 0 Å². The highest BCUT2D eigenvalue weighted by Gasteiger charge is 2.21. The van der Waals surface area contributed by atoms with Gasteiger partial charge in [-0.05, 0) is 44.0 Å². The smallest absolute Gasteiger partial charge is 0.161 e. The molecule has 0 saturated carbocycles. The molecule has 6 nitrogen and oxygen atoms in total. The van der Waals surface area contributed by atoms with Crippen LogP contribution in [0.4, 0.5) is 5.82 Å². The van der Waals surface area contributed by atoms with E-state index in [9.17, 15) is 0 Å². The van der Waals surface area contributed by atoms with E-state index >= 15 is 0 Å². The predicted molar refractivity (Wildman–Crippen MR) is 110 cm³/mol. The third-order valence-corrected chi connectivity index (χ3v) is 4.90. The van der Waals surface area contributed by atoms with Crippen LogP contribution in [0.15, 0.2) is 42.7 Å². The number of aromatic nitrogens is 3. The fraction of sp³-hybridized carbons (Fsp3) is 0.318. The van der Waals surface area contributed by atoms with Gasteiger partial charge in [-0.15, -0.1) is 0 Å². The standard InChI is InChI=1S/C22H25N5O/c1-14-5-4-6-15(2)20(14)28-13-16(3)25-22-18-11-24-12-19(18)26-21(27-22)17-7-9-23-10-8-17/h4-10,16,24H,11-13H2,1-3H3,(H,25,26,27)/t16-/m0/s1. The summed E-state index contributed by atoms with van der Waals surface area (Å²) in [6.45, 7) is 8.35. The minimum absolute atomic E-state index is 0.101. The second-order valence-electron chi connectivity index (χ2n) is 7.24. The summed E-state index contributed by atoms with van der Waals surface area (Å²) in [6, 6.07) is 10.2. The quantitative estimate of drug-likeness (QED) is 0.685. The van der Waals surface area contributed by atoms with Gasteiger partial charge in [0.15, 0.2) is 5.82 Å². The number of fused-ring (bicyclic) bond motifs is 1. The first-order valence-corrected chi connectivity index (χ1v) is 9.58. The van der Waals surface area contributed by atoms with Crippen molar-refractivity contribution in [1.82, 2.24) is 20.3 Å². The fourth-order valence-electron chi connectivity index (χ4n) is 3.43. The molecule has 0 unspecified atom stereocenters. The van der Waals surface area contributed by atoms with Crippen molar-refractivity contribution in [2.45, 2.75) is 39.9 Å². The molecule has 0 radical (unpaired) electrons. The van der Waals surface area contributed by atoms with Gasteiger partial charge >= 0.3 is 0 Å². The van der Waals surface area contributed by atoms with Gasteiger partial charge in [-0.25, -0.2) is 9.97 Å². The number of hydrogen-bond donors (Lipinski definition) is 2. The second kappa shape index (κ2) is 7.94. The first-order valence-electron chi connectivity index (χ1n) is 9.58. The van der Waals surface area contributed by atoms with E-state index in [4.69, 9.17) is 14.7 Å². The third kappa shape index (κ3) is 3.82. The number of nitrogens with zero attached hydrogens (tertiary/aromatic N) is 3. The van der Waals surface area contributed by atoms with Gasteiger partial charge in [0.2, 0.25) is 0 Å². The summed E-state index contributed by atoms with van der Waals surface area (Å²) in [5.74, 6) is 2.55. The highest BCUT2D eigenvalue weighted by Crippen LogP contribution is 2.26. The van der Waals surface area contributed by atoms with Gasteiger partial charge in [-0.2, -0.15) is 0 Å². The molecule has 1 atom stereocenters. The lowest BCUT2D eigenvalue weighted by Gasteiger charge is -2.19. The van der Waals surface area contributed by atoms with E-state index in [1.54, 1.807) is 12.4 Å². The van der Waals surface area contributed by atoms with E-state index in [0.29, 0.717) is 6.61 Å². The summed E-state index contributed by atoms with van der Waals surface area (Å²) in [5.41, 5.74) is 5.45. The van der Waals surface area contributed by atoms with Gasteiger partial charge < -0.3 is 15.4 Å². The Hall–Kier alpha value is -2.99. The first-order chi connectivity index (χ1) is 13.6. The van der Waals surface area contributed by atoms with Crippen LogP contribution < -0.4 is 15.4 Å². The van der Waals surface area contributed by atoms with Crippen molar-refractivity contribution in [3.8, 4) is 17.1 Å². The maximum Gasteiger partial charge on any atom is 0.161 e. The largest absolute Gasteiger partial charge is 0.491 e. The van der Waals surface area contributed by atoms with Crippen LogP contribution in [0.2, 0.25) is 0 Å². The van der Waals surface area contributed by atoms with E-state index < -0.39 is 0 Å². The number of hydrogen-bond acceptors (Lipinski definition) is 6. The Morgan fingerprint density at radius 3 is 2.57 bits per heavy atom. The molecule has 1 aliphatic rings. The molecule has 2 aromatic heterocycles. The fourth-order valence-corrected chi connectivity index (χ4v) is 3.43. The van der Waals surface area contributed by atoms with Gasteiger partial charge in [0, 0.05) is 36.6 Å². The van der Waals surface area contributed by atoms with Crippen LogP contribution in [0.25, 0.3) is 11.4 Å². The molecule has 2 N–H and O–H groups in total. The van der Waals surface area contributed by atoms with Crippen molar-refractivity contribution < 1.29 is 4.74 Å². The predicted octanol–water partition coefficient (Wildman–Crippen LogP) is 3.64. The number of benzene rings is 1. The molecule has 3 aromatic rings. The average Bonchev–Trinajstić information content (AvgIpc) is 3.17. The highest BCUT2D eigenvalue weighted by atomic mass is 16.5. The molecule has 0 bridgehead atoms. The highest BCUT2D eigenvalue weighted by molar-refractivity contribution is 5.60. The molecule has 1 aromatic carbocycles. The number of nitrogens with one attached hydrogen (secondary N) is 2. The summed E-state index contributed by atoms with van der Waals surface area (Å²) in [7, 11) is 0. The summed E-state index contributed by atoms with van der Waals surface area (Å²) in [4.78, 5) is 13.6. The Morgan fingerprint density at radius 1 is 1.07 bits per heavy atom. The zero-order chi connectivity index (χ0) is 19.5. The number of para-hydroxylation sites is 1. The molecule has 28 heavy (non-hydrogen) atoms. The lowest BCUT2D eigenvalue weighted by Crippen LogP contribution is -2.25. The zero-order valence-corrected chi connectivity index (χ0v) is 16.5. The van der Waals surface area contributed by atoms with Crippen LogP contribution in [-0.2, 0) is 13.1 Å². The molecule has 144 valence electrons. The zero-order valence-electron chi connectivity index (χ0n) is 16.5. The second-order valence-corrected chi connectivity index (χ2v) is 7.24. The third-order valence-electron chi connectivity index (χ3n) is 4.90. The summed E-state index contributed by atoms with van der Waals surface area (Å²) in [5, 5.41) is 6.90. The molecule has 0 amide bonds. The number of anilines is 1. The SMILES string of the molecule is Cc1cccc(C)c1OC[C@H](C)Nc1nc(-c2ccncc2)nc2c1CNC2. The molecule has 0 saturated heterocycles. The normalized spacial score (nSPS) is 13.8. The number of pyridine rings is 1. The molecule has 4 rings (SSSR count). The Bertz CT molecular complexity index is 954. The molecule has 0 spiro atoms. The van der Waals surface area contributed by atoms with Gasteiger partial charge in [0.1, 0.15) is 18.2 Å². The van der Waals surface area contributed by atoms with Crippen LogP contribution >= 0.6 is 0 Å². The minimum atomic E-state index is 0.101. The van der Waals surface area contributed by atoms with Crippen molar-refractivity contribution >= 4 is 5.82 Å². The van der Waals surface area contributed by atoms with Crippen LogP contribution in [0.1, 0.15) is 29.3 Å². The van der Waals surface area contributed by atoms with Crippen molar-refractivity contribution in [2.24, 2.45) is 0 Å². The van der Waals surface area contributed by atoms with Gasteiger partial charge in [-0.1, -0.05) is 18.2 Å². The Balaban J connectivity index is 1.53.